The van der Waals surface area contributed by atoms with Crippen LogP contribution in [0.2, 0.25) is 0 Å². The first-order chi connectivity index (χ1) is 7.53. The van der Waals surface area contributed by atoms with E-state index in [1.807, 2.05) is 6.92 Å². The van der Waals surface area contributed by atoms with Crippen LogP contribution in [-0.4, -0.2) is 33.4 Å². The topological polar surface area (TPSA) is 78.0 Å². The van der Waals surface area contributed by atoms with E-state index in [-0.39, 0.29) is 18.9 Å². The largest absolute Gasteiger partial charge is 0.388 e. The van der Waals surface area contributed by atoms with Crippen LogP contribution < -0.4 is 5.32 Å². The minimum absolute atomic E-state index is 0.111. The quantitative estimate of drug-likeness (QED) is 0.664. The lowest BCUT2D eigenvalue weighted by Crippen LogP contribution is -2.41. The normalized spacial score (nSPS) is 14.4. The molecule has 0 saturated carbocycles. The SMILES string of the molecule is CCCC(C)(O)CNC(=O)Cc1ccn[nH]1. The predicted molar refractivity (Wildman–Crippen MR) is 60.8 cm³/mol. The Balaban J connectivity index is 2.30. The highest BCUT2D eigenvalue weighted by Crippen LogP contribution is 2.09. The van der Waals surface area contributed by atoms with Crippen LogP contribution in [0.1, 0.15) is 32.4 Å². The van der Waals surface area contributed by atoms with Crippen LogP contribution in [-0.2, 0) is 11.2 Å². The number of H-pyrrole nitrogens is 1. The van der Waals surface area contributed by atoms with Crippen molar-refractivity contribution in [2.75, 3.05) is 6.54 Å². The zero-order valence-corrected chi connectivity index (χ0v) is 9.79. The molecular formula is C11H19N3O2. The Kier molecular flexibility index (Phi) is 4.49. The molecule has 0 aromatic carbocycles. The Bertz CT molecular complexity index is 320. The van der Waals surface area contributed by atoms with Crippen molar-refractivity contribution >= 4 is 5.91 Å². The number of carbonyl (C=O) groups is 1. The van der Waals surface area contributed by atoms with Crippen molar-refractivity contribution in [3.05, 3.63) is 18.0 Å². The molecule has 1 amide bonds. The lowest BCUT2D eigenvalue weighted by atomic mass is 10.0. The van der Waals surface area contributed by atoms with Crippen LogP contribution in [0.15, 0.2) is 12.3 Å². The highest BCUT2D eigenvalue weighted by atomic mass is 16.3. The minimum atomic E-state index is -0.821. The van der Waals surface area contributed by atoms with Gasteiger partial charge in [0.2, 0.25) is 5.91 Å². The Morgan fingerprint density at radius 1 is 1.69 bits per heavy atom. The Hall–Kier alpha value is -1.36. The number of aliphatic hydroxyl groups is 1. The van der Waals surface area contributed by atoms with Crippen LogP contribution in [0.4, 0.5) is 0 Å². The zero-order valence-electron chi connectivity index (χ0n) is 9.79. The van der Waals surface area contributed by atoms with Crippen LogP contribution in [0.5, 0.6) is 0 Å². The van der Waals surface area contributed by atoms with Crippen molar-refractivity contribution < 1.29 is 9.90 Å². The van der Waals surface area contributed by atoms with Crippen LogP contribution >= 0.6 is 0 Å². The summed E-state index contributed by atoms with van der Waals surface area (Å²) in [5.41, 5.74) is -0.0501. The molecule has 1 rings (SSSR count). The average molecular weight is 225 g/mol. The summed E-state index contributed by atoms with van der Waals surface area (Å²) >= 11 is 0. The molecule has 90 valence electrons. The molecule has 0 bridgehead atoms. The molecule has 0 spiro atoms. The molecule has 1 aromatic heterocycles. The van der Waals surface area contributed by atoms with Gasteiger partial charge in [0.1, 0.15) is 0 Å². The van der Waals surface area contributed by atoms with E-state index in [0.29, 0.717) is 6.42 Å². The van der Waals surface area contributed by atoms with Gasteiger partial charge in [-0.1, -0.05) is 13.3 Å². The summed E-state index contributed by atoms with van der Waals surface area (Å²) in [4.78, 5) is 11.5. The lowest BCUT2D eigenvalue weighted by Gasteiger charge is -2.22. The Morgan fingerprint density at radius 3 is 3.00 bits per heavy atom. The third-order valence-corrected chi connectivity index (χ3v) is 2.36. The smallest absolute Gasteiger partial charge is 0.226 e. The Morgan fingerprint density at radius 2 is 2.44 bits per heavy atom. The first-order valence-corrected chi connectivity index (χ1v) is 5.51. The van der Waals surface area contributed by atoms with E-state index in [9.17, 15) is 9.90 Å². The number of hydrogen-bond donors (Lipinski definition) is 3. The van der Waals surface area contributed by atoms with E-state index >= 15 is 0 Å². The van der Waals surface area contributed by atoms with Crippen molar-refractivity contribution in [2.24, 2.45) is 0 Å². The van der Waals surface area contributed by atoms with Crippen LogP contribution in [0.25, 0.3) is 0 Å². The van der Waals surface area contributed by atoms with Gasteiger partial charge in [0.25, 0.3) is 0 Å². The summed E-state index contributed by atoms with van der Waals surface area (Å²) < 4.78 is 0. The van der Waals surface area contributed by atoms with Gasteiger partial charge in [0.05, 0.1) is 12.0 Å². The number of nitrogens with zero attached hydrogens (tertiary/aromatic N) is 1. The van der Waals surface area contributed by atoms with Gasteiger partial charge in [-0.05, 0) is 19.4 Å². The number of nitrogens with one attached hydrogen (secondary N) is 2. The summed E-state index contributed by atoms with van der Waals surface area (Å²) in [6.45, 7) is 4.02. The molecule has 1 atom stereocenters. The highest BCUT2D eigenvalue weighted by Gasteiger charge is 2.19. The van der Waals surface area contributed by atoms with Crippen molar-refractivity contribution in [1.29, 1.82) is 0 Å². The second kappa shape index (κ2) is 5.65. The van der Waals surface area contributed by atoms with Gasteiger partial charge in [0.15, 0.2) is 0 Å². The number of rotatable bonds is 6. The summed E-state index contributed by atoms with van der Waals surface area (Å²) in [7, 11) is 0. The van der Waals surface area contributed by atoms with Crippen molar-refractivity contribution in [1.82, 2.24) is 15.5 Å². The molecule has 5 heteroatoms. The summed E-state index contributed by atoms with van der Waals surface area (Å²) in [6, 6.07) is 1.75. The van der Waals surface area contributed by atoms with Gasteiger partial charge in [-0.25, -0.2) is 0 Å². The number of amides is 1. The monoisotopic (exact) mass is 225 g/mol. The van der Waals surface area contributed by atoms with Gasteiger partial charge >= 0.3 is 0 Å². The third-order valence-electron chi connectivity index (χ3n) is 2.36. The lowest BCUT2D eigenvalue weighted by molar-refractivity contribution is -0.121. The second-order valence-corrected chi connectivity index (χ2v) is 4.28. The first-order valence-electron chi connectivity index (χ1n) is 5.51. The zero-order chi connectivity index (χ0) is 12.0. The number of aromatic nitrogens is 2. The summed E-state index contributed by atoms with van der Waals surface area (Å²) in [6.07, 6.45) is 3.44. The molecule has 5 nitrogen and oxygen atoms in total. The molecule has 0 aliphatic heterocycles. The molecule has 16 heavy (non-hydrogen) atoms. The maximum absolute atomic E-state index is 11.5. The van der Waals surface area contributed by atoms with Gasteiger partial charge < -0.3 is 10.4 Å². The van der Waals surface area contributed by atoms with Gasteiger partial charge in [-0.3, -0.25) is 9.89 Å². The summed E-state index contributed by atoms with van der Waals surface area (Å²) in [5, 5.41) is 19.0. The number of aromatic amines is 1. The molecule has 0 radical (unpaired) electrons. The molecule has 1 aromatic rings. The van der Waals surface area contributed by atoms with Crippen LogP contribution in [0, 0.1) is 0 Å². The van der Waals surface area contributed by atoms with Crippen molar-refractivity contribution in [2.45, 2.75) is 38.7 Å². The third kappa shape index (κ3) is 4.44. The second-order valence-electron chi connectivity index (χ2n) is 4.28. The fourth-order valence-electron chi connectivity index (χ4n) is 1.53. The molecule has 1 heterocycles. The number of carbonyl (C=O) groups excluding carboxylic acids is 1. The van der Waals surface area contributed by atoms with E-state index in [0.717, 1.165) is 12.1 Å². The van der Waals surface area contributed by atoms with E-state index in [1.54, 1.807) is 19.2 Å². The molecule has 0 saturated heterocycles. The van der Waals surface area contributed by atoms with Crippen LogP contribution in [0.3, 0.4) is 0 Å². The maximum atomic E-state index is 11.5. The Labute approximate surface area is 95.3 Å². The number of hydrogen-bond acceptors (Lipinski definition) is 3. The molecular weight excluding hydrogens is 206 g/mol. The average Bonchev–Trinajstić information content (AvgIpc) is 2.68. The fraction of sp³-hybridized carbons (Fsp3) is 0.636. The predicted octanol–water partition coefficient (Wildman–Crippen LogP) is 0.619. The molecule has 0 fully saturated rings. The van der Waals surface area contributed by atoms with E-state index in [4.69, 9.17) is 0 Å². The molecule has 1 unspecified atom stereocenters. The van der Waals surface area contributed by atoms with Crippen molar-refractivity contribution in [3.63, 3.8) is 0 Å². The molecule has 0 aliphatic rings. The molecule has 0 aliphatic carbocycles. The maximum Gasteiger partial charge on any atom is 0.226 e. The van der Waals surface area contributed by atoms with Crippen molar-refractivity contribution in [3.8, 4) is 0 Å². The minimum Gasteiger partial charge on any atom is -0.388 e. The van der Waals surface area contributed by atoms with Gasteiger partial charge in [0, 0.05) is 18.4 Å². The standard InChI is InChI=1S/C11H19N3O2/c1-3-5-11(2,16)8-12-10(15)7-9-4-6-13-14-9/h4,6,16H,3,5,7-8H2,1-2H3,(H,12,15)(H,13,14). The first kappa shape index (κ1) is 12.7. The fourth-order valence-corrected chi connectivity index (χ4v) is 1.53. The highest BCUT2D eigenvalue weighted by molar-refractivity contribution is 5.78. The van der Waals surface area contributed by atoms with Gasteiger partial charge in [-0.15, -0.1) is 0 Å². The van der Waals surface area contributed by atoms with E-state index in [1.165, 1.54) is 0 Å². The van der Waals surface area contributed by atoms with E-state index < -0.39 is 5.60 Å². The van der Waals surface area contributed by atoms with Gasteiger partial charge in [-0.2, -0.15) is 5.10 Å². The molecule has 3 N–H and O–H groups in total. The summed E-state index contributed by atoms with van der Waals surface area (Å²) in [5.74, 6) is -0.111. The van der Waals surface area contributed by atoms with E-state index in [2.05, 4.69) is 15.5 Å².